The van der Waals surface area contributed by atoms with Gasteiger partial charge >= 0.3 is 0 Å². The molecule has 2 unspecified atom stereocenters. The molecule has 1 aromatic heterocycles. The molecule has 11 heteroatoms. The van der Waals surface area contributed by atoms with Gasteiger partial charge in [0.15, 0.2) is 0 Å². The van der Waals surface area contributed by atoms with Crippen LogP contribution >= 0.6 is 0 Å². The molecule has 5 rings (SSSR count). The van der Waals surface area contributed by atoms with E-state index in [0.717, 1.165) is 53.4 Å². The van der Waals surface area contributed by atoms with Crippen LogP contribution in [0.15, 0.2) is 42.0 Å². The predicted octanol–water partition coefficient (Wildman–Crippen LogP) is 5.14. The second-order valence-corrected chi connectivity index (χ2v) is 15.4. The number of unbranched alkanes of at least 4 members (excludes halogenated alkanes) is 4. The van der Waals surface area contributed by atoms with E-state index < -0.39 is 15.8 Å². The minimum Gasteiger partial charge on any atom is -0.497 e. The first kappa shape index (κ1) is 35.2. The number of amides is 3. The van der Waals surface area contributed by atoms with E-state index >= 15 is 0 Å². The first-order valence-electron chi connectivity index (χ1n) is 16.8. The van der Waals surface area contributed by atoms with Crippen molar-refractivity contribution >= 4 is 50.5 Å². The summed E-state index contributed by atoms with van der Waals surface area (Å²) in [5.74, 6) is 3.83. The first-order valence-corrected chi connectivity index (χ1v) is 18.5. The number of hydrogen-bond acceptors (Lipinski definition) is 5. The number of likely N-dealkylation sites (tertiary alicyclic amines) is 1. The van der Waals surface area contributed by atoms with Crippen LogP contribution in [-0.4, -0.2) is 93.9 Å². The third-order valence-electron chi connectivity index (χ3n) is 9.75. The van der Waals surface area contributed by atoms with Gasteiger partial charge < -0.3 is 19.1 Å². The van der Waals surface area contributed by atoms with E-state index in [9.17, 15) is 18.6 Å². The number of methoxy groups -OCH3 is 1. The summed E-state index contributed by atoms with van der Waals surface area (Å²) in [6.07, 6.45) is 9.22. The average Bonchev–Trinajstić information content (AvgIpc) is 3.61. The van der Waals surface area contributed by atoms with Crippen molar-refractivity contribution in [3.05, 3.63) is 58.7 Å². The van der Waals surface area contributed by atoms with Gasteiger partial charge in [0.1, 0.15) is 15.6 Å². The normalized spacial score (nSPS) is 16.9. The maximum atomic E-state index is 14.3. The molecule has 3 amide bonds. The molecule has 3 aromatic rings. The van der Waals surface area contributed by atoms with Gasteiger partial charge in [0, 0.05) is 68.8 Å². The highest BCUT2D eigenvalue weighted by molar-refractivity contribution is 7.96. The fraction of sp³-hybridized carbons (Fsp3) is 0.459. The van der Waals surface area contributed by atoms with Gasteiger partial charge in [0.2, 0.25) is 5.91 Å². The molecule has 2 aromatic carbocycles. The summed E-state index contributed by atoms with van der Waals surface area (Å²) in [6.45, 7) is 5.09. The fourth-order valence-electron chi connectivity index (χ4n) is 6.73. The number of hydrogen-bond donors (Lipinski definition) is 1. The molecule has 1 saturated heterocycles. The lowest BCUT2D eigenvalue weighted by atomic mass is 9.95. The van der Waals surface area contributed by atoms with Gasteiger partial charge in [-0.2, -0.15) is 0 Å². The number of likely N-dealkylation sites (N-methyl/N-ethyl adjacent to an activating group) is 1. The van der Waals surface area contributed by atoms with Crippen molar-refractivity contribution in [1.29, 1.82) is 0 Å². The zero-order valence-corrected chi connectivity index (χ0v) is 30.0. The summed E-state index contributed by atoms with van der Waals surface area (Å²) in [4.78, 5) is 43.3. The minimum atomic E-state index is -3.00. The lowest BCUT2D eigenvalue weighted by molar-refractivity contribution is -0.131. The third-order valence-corrected chi connectivity index (χ3v) is 11.4. The van der Waals surface area contributed by atoms with Crippen molar-refractivity contribution in [2.45, 2.75) is 71.4 Å². The van der Waals surface area contributed by atoms with Crippen molar-refractivity contribution in [2.24, 2.45) is 0 Å². The number of benzene rings is 2. The first-order chi connectivity index (χ1) is 22.9. The lowest BCUT2D eigenvalue weighted by Gasteiger charge is -2.24. The van der Waals surface area contributed by atoms with Crippen molar-refractivity contribution in [2.75, 3.05) is 41.3 Å². The quantitative estimate of drug-likeness (QED) is 0.212. The average molecular weight is 676 g/mol. The van der Waals surface area contributed by atoms with E-state index in [4.69, 9.17) is 4.74 Å². The molecule has 1 fully saturated rings. The van der Waals surface area contributed by atoms with Crippen LogP contribution in [0.25, 0.3) is 28.2 Å². The summed E-state index contributed by atoms with van der Waals surface area (Å²) >= 11 is 0. The molecular weight excluding hydrogens is 627 g/mol. The summed E-state index contributed by atoms with van der Waals surface area (Å²) in [5, 5.41) is 1.03. The van der Waals surface area contributed by atoms with Crippen LogP contribution in [0.4, 0.5) is 0 Å². The maximum absolute atomic E-state index is 14.3. The molecule has 48 heavy (non-hydrogen) atoms. The lowest BCUT2D eigenvalue weighted by Crippen LogP contribution is -2.39. The zero-order valence-electron chi connectivity index (χ0n) is 29.1. The van der Waals surface area contributed by atoms with Gasteiger partial charge in [-0.1, -0.05) is 38.7 Å². The predicted molar refractivity (Wildman–Crippen MR) is 194 cm³/mol. The summed E-state index contributed by atoms with van der Waals surface area (Å²) in [5.41, 5.74) is 5.90. The molecule has 258 valence electrons. The molecule has 1 N–H and O–H groups in total. The Bertz CT molecular complexity index is 1860. The Morgan fingerprint density at radius 1 is 1.06 bits per heavy atom. The highest BCUT2D eigenvalue weighted by Crippen LogP contribution is 2.41. The zero-order chi connectivity index (χ0) is 34.7. The summed E-state index contributed by atoms with van der Waals surface area (Å²) in [6, 6.07) is 11.5. The molecule has 0 radical (unpaired) electrons. The number of nitrogens with zero attached hydrogens (tertiary/aromatic N) is 4. The van der Waals surface area contributed by atoms with Gasteiger partial charge in [-0.25, -0.2) is 8.51 Å². The van der Waals surface area contributed by atoms with E-state index in [2.05, 4.69) is 28.1 Å². The summed E-state index contributed by atoms with van der Waals surface area (Å²) < 4.78 is 24.7. The van der Waals surface area contributed by atoms with Gasteiger partial charge in [-0.3, -0.25) is 19.1 Å². The Morgan fingerprint density at radius 3 is 2.50 bits per heavy atom. The van der Waals surface area contributed by atoms with Crippen LogP contribution in [0.2, 0.25) is 0 Å². The van der Waals surface area contributed by atoms with Crippen LogP contribution in [-0.2, 0) is 32.4 Å². The summed E-state index contributed by atoms with van der Waals surface area (Å²) in [7, 11) is 3.64. The Morgan fingerprint density at radius 2 is 1.81 bits per heavy atom. The van der Waals surface area contributed by atoms with Crippen LogP contribution in [0.1, 0.15) is 73.9 Å². The van der Waals surface area contributed by atoms with Gasteiger partial charge in [-0.15, -0.1) is 0 Å². The number of ether oxygens (including phenoxy) is 1. The molecule has 0 aliphatic carbocycles. The van der Waals surface area contributed by atoms with Crippen LogP contribution in [0.5, 0.6) is 5.75 Å². The highest BCUT2D eigenvalue weighted by atomic mass is 32.2. The maximum Gasteiger partial charge on any atom is 0.263 e. The molecule has 2 aliphatic heterocycles. The molecule has 0 bridgehead atoms. The SMILES string of the molecule is C=S(=O)(NC(=O)c1ccc2c(CCCCCCC)c3n(c2c1)CC(C(=O)N1CCC(N(C)C(C)=O)C1)=Cc1cc(OC)ccc1-3)N(C)C. The largest absolute Gasteiger partial charge is 0.497 e. The number of aromatic nitrogens is 1. The number of carbonyl (C=O) groups is 3. The molecule has 2 atom stereocenters. The Labute approximate surface area is 285 Å². The van der Waals surface area contributed by atoms with E-state index in [1.54, 1.807) is 46.1 Å². The Kier molecular flexibility index (Phi) is 10.7. The highest BCUT2D eigenvalue weighted by Gasteiger charge is 2.33. The van der Waals surface area contributed by atoms with Crippen molar-refractivity contribution in [1.82, 2.24) is 23.4 Å². The molecule has 10 nitrogen and oxygen atoms in total. The minimum absolute atomic E-state index is 0.0187. The fourth-order valence-corrected chi connectivity index (χ4v) is 7.32. The topological polar surface area (TPSA) is 104 Å². The second-order valence-electron chi connectivity index (χ2n) is 13.1. The Hall–Kier alpha value is -4.09. The van der Waals surface area contributed by atoms with Gasteiger partial charge in [0.25, 0.3) is 11.8 Å². The van der Waals surface area contributed by atoms with Crippen molar-refractivity contribution in [3.8, 4) is 17.0 Å². The second kappa shape index (κ2) is 14.6. The van der Waals surface area contributed by atoms with Crippen molar-refractivity contribution in [3.63, 3.8) is 0 Å². The van der Waals surface area contributed by atoms with Crippen LogP contribution < -0.4 is 9.46 Å². The van der Waals surface area contributed by atoms with E-state index in [1.165, 1.54) is 29.1 Å². The van der Waals surface area contributed by atoms with Gasteiger partial charge in [-0.05, 0) is 72.7 Å². The van der Waals surface area contributed by atoms with E-state index in [1.807, 2.05) is 35.2 Å². The number of aryl methyl sites for hydroxylation is 1. The molecule has 2 aliphatic rings. The number of rotatable bonds is 12. The molecule has 3 heterocycles. The third kappa shape index (κ3) is 7.17. The molecular formula is C37H49N5O5S. The number of fused-ring (bicyclic) bond motifs is 5. The van der Waals surface area contributed by atoms with Crippen LogP contribution in [0, 0.1) is 0 Å². The number of nitrogens with one attached hydrogen (secondary N) is 1. The van der Waals surface area contributed by atoms with Crippen LogP contribution in [0.3, 0.4) is 0 Å². The van der Waals surface area contributed by atoms with E-state index in [-0.39, 0.29) is 17.9 Å². The monoisotopic (exact) mass is 675 g/mol. The van der Waals surface area contributed by atoms with Crippen molar-refractivity contribution < 1.29 is 23.3 Å². The molecule has 0 saturated carbocycles. The molecule has 0 spiro atoms. The Balaban J connectivity index is 1.63. The smallest absolute Gasteiger partial charge is 0.263 e. The number of carbonyl (C=O) groups excluding carboxylic acids is 3. The van der Waals surface area contributed by atoms with Gasteiger partial charge in [0.05, 0.1) is 25.4 Å². The standard InChI is InChI=1S/C37H49N5O5S/c1-8-9-10-11-12-13-33-32-16-14-26(36(44)38-48(7,46)39(3)4)22-34(32)42-23-28(20-27-21-30(47-6)15-17-31(27)35(33)42)37(45)41-19-18-29(24-41)40(5)25(2)43/h14-17,20-22,29H,7-13,18-19,23-24H2,1-6H3,(H,38,44,46). The van der Waals surface area contributed by atoms with E-state index in [0.29, 0.717) is 36.5 Å².